The minimum atomic E-state index is 0.0542. The Morgan fingerprint density at radius 1 is 1.41 bits per heavy atom. The molecule has 120 valence electrons. The average Bonchev–Trinajstić information content (AvgIpc) is 2.94. The van der Waals surface area contributed by atoms with Crippen LogP contribution < -0.4 is 5.32 Å². The number of thiophene rings is 1. The first-order chi connectivity index (χ1) is 10.3. The van der Waals surface area contributed by atoms with Crippen LogP contribution in [0.4, 0.5) is 0 Å². The molecule has 22 heavy (non-hydrogen) atoms. The van der Waals surface area contributed by atoms with E-state index in [2.05, 4.69) is 30.6 Å². The van der Waals surface area contributed by atoms with Crippen molar-refractivity contribution in [2.24, 2.45) is 0 Å². The topological polar surface area (TPSA) is 45.2 Å². The monoisotopic (exact) mass is 337 g/mol. The number of likely N-dealkylation sites (N-methyl/N-ethyl adjacent to an activating group) is 1. The molecule has 0 saturated carbocycles. The Balaban J connectivity index is 1.97. The van der Waals surface area contributed by atoms with Crippen molar-refractivity contribution in [3.8, 4) is 11.3 Å². The highest BCUT2D eigenvalue weighted by Gasteiger charge is 2.13. The Labute approximate surface area is 140 Å². The highest BCUT2D eigenvalue weighted by molar-refractivity contribution is 7.12. The van der Waals surface area contributed by atoms with Gasteiger partial charge in [0.15, 0.2) is 0 Å². The third kappa shape index (κ3) is 4.63. The quantitative estimate of drug-likeness (QED) is 0.878. The second-order valence-electron chi connectivity index (χ2n) is 5.85. The first kappa shape index (κ1) is 17.1. The SMILES string of the molecule is Cc1cc(-c2csc(CN(C)CC(=O)NC(C)C)n2)c(C)s1. The van der Waals surface area contributed by atoms with Crippen molar-refractivity contribution in [1.29, 1.82) is 0 Å². The van der Waals surface area contributed by atoms with E-state index in [9.17, 15) is 4.79 Å². The zero-order chi connectivity index (χ0) is 16.3. The summed E-state index contributed by atoms with van der Waals surface area (Å²) < 4.78 is 0. The first-order valence-corrected chi connectivity index (χ1v) is 9.04. The summed E-state index contributed by atoms with van der Waals surface area (Å²) in [5.74, 6) is 0.0542. The van der Waals surface area contributed by atoms with Gasteiger partial charge in [-0.1, -0.05) is 0 Å². The molecule has 0 spiro atoms. The predicted octanol–water partition coefficient (Wildman–Crippen LogP) is 3.44. The van der Waals surface area contributed by atoms with E-state index in [0.717, 1.165) is 10.7 Å². The standard InChI is InChI=1S/C16H23N3OS2/c1-10(2)17-15(20)7-19(5)8-16-18-14(9-21-16)13-6-11(3)22-12(13)4/h6,9-10H,7-8H2,1-5H3,(H,17,20). The van der Waals surface area contributed by atoms with Crippen LogP contribution in [0.3, 0.4) is 0 Å². The van der Waals surface area contributed by atoms with Crippen LogP contribution in [0.2, 0.25) is 0 Å². The molecular formula is C16H23N3OS2. The van der Waals surface area contributed by atoms with Gasteiger partial charge in [-0.2, -0.15) is 0 Å². The molecule has 0 saturated heterocycles. The molecule has 0 aliphatic carbocycles. The van der Waals surface area contributed by atoms with Crippen molar-refractivity contribution >= 4 is 28.6 Å². The summed E-state index contributed by atoms with van der Waals surface area (Å²) in [6, 6.07) is 2.37. The molecule has 0 radical (unpaired) electrons. The van der Waals surface area contributed by atoms with Gasteiger partial charge in [0.05, 0.1) is 18.8 Å². The number of rotatable bonds is 6. The fraction of sp³-hybridized carbons (Fsp3) is 0.500. The highest BCUT2D eigenvalue weighted by atomic mass is 32.1. The van der Waals surface area contributed by atoms with Crippen molar-refractivity contribution in [2.75, 3.05) is 13.6 Å². The summed E-state index contributed by atoms with van der Waals surface area (Å²) in [7, 11) is 1.95. The summed E-state index contributed by atoms with van der Waals surface area (Å²) in [4.78, 5) is 21.1. The molecule has 0 aromatic carbocycles. The molecule has 0 unspecified atom stereocenters. The number of aromatic nitrogens is 1. The third-order valence-electron chi connectivity index (χ3n) is 3.14. The molecule has 0 aliphatic rings. The number of amides is 1. The zero-order valence-corrected chi connectivity index (χ0v) is 15.4. The van der Waals surface area contributed by atoms with Crippen molar-refractivity contribution in [1.82, 2.24) is 15.2 Å². The van der Waals surface area contributed by atoms with E-state index in [-0.39, 0.29) is 11.9 Å². The minimum absolute atomic E-state index is 0.0542. The van der Waals surface area contributed by atoms with Gasteiger partial charge in [0.25, 0.3) is 0 Å². The molecule has 1 amide bonds. The van der Waals surface area contributed by atoms with Crippen molar-refractivity contribution in [3.63, 3.8) is 0 Å². The highest BCUT2D eigenvalue weighted by Crippen LogP contribution is 2.31. The van der Waals surface area contributed by atoms with Gasteiger partial charge < -0.3 is 5.32 Å². The van der Waals surface area contributed by atoms with Gasteiger partial charge in [0.2, 0.25) is 5.91 Å². The smallest absolute Gasteiger partial charge is 0.234 e. The Morgan fingerprint density at radius 3 is 2.73 bits per heavy atom. The predicted molar refractivity (Wildman–Crippen MR) is 94.5 cm³/mol. The average molecular weight is 338 g/mol. The Kier molecular flexibility index (Phi) is 5.72. The maximum atomic E-state index is 11.8. The van der Waals surface area contributed by atoms with E-state index in [0.29, 0.717) is 13.1 Å². The maximum Gasteiger partial charge on any atom is 0.234 e. The van der Waals surface area contributed by atoms with Gasteiger partial charge in [-0.05, 0) is 40.8 Å². The van der Waals surface area contributed by atoms with Gasteiger partial charge in [-0.3, -0.25) is 9.69 Å². The largest absolute Gasteiger partial charge is 0.353 e. The molecule has 1 N–H and O–H groups in total. The van der Waals surface area contributed by atoms with Crippen LogP contribution in [0, 0.1) is 13.8 Å². The molecule has 0 fully saturated rings. The summed E-state index contributed by atoms with van der Waals surface area (Å²) in [5, 5.41) is 6.05. The Morgan fingerprint density at radius 2 is 2.14 bits per heavy atom. The lowest BCUT2D eigenvalue weighted by Crippen LogP contribution is -2.38. The summed E-state index contributed by atoms with van der Waals surface area (Å²) >= 11 is 3.45. The molecule has 2 aromatic heterocycles. The molecule has 0 aliphatic heterocycles. The van der Waals surface area contributed by atoms with E-state index in [4.69, 9.17) is 4.98 Å². The normalized spacial score (nSPS) is 11.4. The first-order valence-electron chi connectivity index (χ1n) is 7.35. The van der Waals surface area contributed by atoms with Crippen LogP contribution in [-0.4, -0.2) is 35.4 Å². The summed E-state index contributed by atoms with van der Waals surface area (Å²) in [6.07, 6.45) is 0. The van der Waals surface area contributed by atoms with Gasteiger partial charge in [0, 0.05) is 26.7 Å². The second kappa shape index (κ2) is 7.35. The van der Waals surface area contributed by atoms with E-state index >= 15 is 0 Å². The Hall–Kier alpha value is -1.24. The lowest BCUT2D eigenvalue weighted by molar-refractivity contribution is -0.122. The molecule has 6 heteroatoms. The molecule has 2 rings (SSSR count). The number of nitrogens with one attached hydrogen (secondary N) is 1. The number of carbonyl (C=O) groups is 1. The van der Waals surface area contributed by atoms with Crippen molar-refractivity contribution in [2.45, 2.75) is 40.3 Å². The second-order valence-corrected chi connectivity index (χ2v) is 8.25. The summed E-state index contributed by atoms with van der Waals surface area (Å²) in [6.45, 7) is 9.28. The van der Waals surface area contributed by atoms with Gasteiger partial charge >= 0.3 is 0 Å². The van der Waals surface area contributed by atoms with Gasteiger partial charge in [0.1, 0.15) is 5.01 Å². The molecule has 2 aromatic rings. The van der Waals surface area contributed by atoms with Crippen LogP contribution in [0.5, 0.6) is 0 Å². The third-order valence-corrected chi connectivity index (χ3v) is 4.94. The van der Waals surface area contributed by atoms with E-state index in [1.807, 2.05) is 25.8 Å². The fourth-order valence-electron chi connectivity index (χ4n) is 2.29. The lowest BCUT2D eigenvalue weighted by atomic mass is 10.2. The van der Waals surface area contributed by atoms with Crippen LogP contribution >= 0.6 is 22.7 Å². The molecule has 4 nitrogen and oxygen atoms in total. The van der Waals surface area contributed by atoms with Crippen LogP contribution in [0.25, 0.3) is 11.3 Å². The van der Waals surface area contributed by atoms with Crippen LogP contribution in [-0.2, 0) is 11.3 Å². The zero-order valence-electron chi connectivity index (χ0n) is 13.8. The molecule has 0 bridgehead atoms. The van der Waals surface area contributed by atoms with Crippen molar-refractivity contribution in [3.05, 3.63) is 26.2 Å². The molecule has 0 atom stereocenters. The van der Waals surface area contributed by atoms with Crippen molar-refractivity contribution < 1.29 is 4.79 Å². The number of hydrogen-bond donors (Lipinski definition) is 1. The minimum Gasteiger partial charge on any atom is -0.353 e. The molecular weight excluding hydrogens is 314 g/mol. The van der Waals surface area contributed by atoms with E-state index in [1.165, 1.54) is 15.3 Å². The number of aryl methyl sites for hydroxylation is 2. The fourth-order valence-corrected chi connectivity index (χ4v) is 4.10. The number of nitrogens with zero attached hydrogens (tertiary/aromatic N) is 2. The van der Waals surface area contributed by atoms with Gasteiger partial charge in [-0.15, -0.1) is 22.7 Å². The Bertz CT molecular complexity index is 646. The maximum absolute atomic E-state index is 11.8. The van der Waals surface area contributed by atoms with E-state index < -0.39 is 0 Å². The summed E-state index contributed by atoms with van der Waals surface area (Å²) in [5.41, 5.74) is 2.27. The number of hydrogen-bond acceptors (Lipinski definition) is 5. The van der Waals surface area contributed by atoms with Crippen LogP contribution in [0.15, 0.2) is 11.4 Å². The number of carbonyl (C=O) groups excluding carboxylic acids is 1. The lowest BCUT2D eigenvalue weighted by Gasteiger charge is -2.16. The van der Waals surface area contributed by atoms with Crippen LogP contribution in [0.1, 0.15) is 28.6 Å². The number of thiazole rings is 1. The van der Waals surface area contributed by atoms with E-state index in [1.54, 1.807) is 22.7 Å². The molecule has 2 heterocycles. The van der Waals surface area contributed by atoms with Gasteiger partial charge in [-0.25, -0.2) is 4.98 Å².